The molecule has 2 aliphatic carbocycles. The minimum atomic E-state index is 0.133. The lowest BCUT2D eigenvalue weighted by Gasteiger charge is -2.46. The fourth-order valence-electron chi connectivity index (χ4n) is 5.41. The van der Waals surface area contributed by atoms with Crippen LogP contribution in [0, 0.1) is 19.8 Å². The molecule has 0 saturated carbocycles. The van der Waals surface area contributed by atoms with Gasteiger partial charge < -0.3 is 14.8 Å². The molecule has 0 aromatic heterocycles. The second kappa shape index (κ2) is 8.69. The van der Waals surface area contributed by atoms with Gasteiger partial charge in [0.15, 0.2) is 0 Å². The van der Waals surface area contributed by atoms with Crippen LogP contribution in [0.15, 0.2) is 66.1 Å². The number of benzene rings is 2. The highest BCUT2D eigenvalue weighted by Crippen LogP contribution is 2.50. The van der Waals surface area contributed by atoms with Crippen LogP contribution < -0.4 is 14.8 Å². The highest BCUT2D eigenvalue weighted by Gasteiger charge is 2.42. The molecule has 0 radical (unpaired) electrons. The number of hydrogen-bond acceptors (Lipinski definition) is 3. The summed E-state index contributed by atoms with van der Waals surface area (Å²) in [4.78, 5) is 0. The number of rotatable bonds is 6. The molecule has 2 aliphatic rings. The second-order valence-corrected chi connectivity index (χ2v) is 11.2. The molecule has 4 rings (SSSR count). The Hall–Kier alpha value is -2.94. The third-order valence-corrected chi connectivity index (χ3v) is 7.98. The zero-order chi connectivity index (χ0) is 24.8. The SMILES string of the molecule is C=C(Nc1c(C)cccc1OC)C1=CC=C(Oc2cc3c(cc2C)C(C)(C)C(C)CC3(C)C)C1. The summed E-state index contributed by atoms with van der Waals surface area (Å²) in [6.07, 6.45) is 6.05. The molecule has 0 saturated heterocycles. The van der Waals surface area contributed by atoms with Gasteiger partial charge in [-0.3, -0.25) is 0 Å². The van der Waals surface area contributed by atoms with Gasteiger partial charge in [0.1, 0.15) is 17.3 Å². The fraction of sp³-hybridized carbons (Fsp3) is 0.419. The number of methoxy groups -OCH3 is 1. The summed E-state index contributed by atoms with van der Waals surface area (Å²) in [5.74, 6) is 3.35. The molecule has 3 nitrogen and oxygen atoms in total. The van der Waals surface area contributed by atoms with Crippen molar-refractivity contribution < 1.29 is 9.47 Å². The maximum Gasteiger partial charge on any atom is 0.142 e. The van der Waals surface area contributed by atoms with Crippen LogP contribution in [0.3, 0.4) is 0 Å². The van der Waals surface area contributed by atoms with Crippen molar-refractivity contribution in [2.75, 3.05) is 12.4 Å². The maximum absolute atomic E-state index is 6.48. The Morgan fingerprint density at radius 3 is 2.44 bits per heavy atom. The number of anilines is 1. The van der Waals surface area contributed by atoms with Gasteiger partial charge in [0.05, 0.1) is 12.8 Å². The molecule has 2 aromatic carbocycles. The Kier molecular flexibility index (Phi) is 6.18. The highest BCUT2D eigenvalue weighted by atomic mass is 16.5. The van der Waals surface area contributed by atoms with Gasteiger partial charge in [0.2, 0.25) is 0 Å². The Morgan fingerprint density at radius 1 is 1.00 bits per heavy atom. The van der Waals surface area contributed by atoms with Crippen molar-refractivity contribution in [1.29, 1.82) is 0 Å². The summed E-state index contributed by atoms with van der Waals surface area (Å²) in [7, 11) is 1.69. The van der Waals surface area contributed by atoms with E-state index in [0.717, 1.165) is 39.8 Å². The lowest BCUT2D eigenvalue weighted by molar-refractivity contribution is 0.232. The van der Waals surface area contributed by atoms with Crippen LogP contribution in [0.5, 0.6) is 11.5 Å². The Morgan fingerprint density at radius 2 is 1.74 bits per heavy atom. The average molecular weight is 458 g/mol. The standard InChI is InChI=1S/C31H39NO2/c1-19-11-10-12-27(33-9)29(19)32-22(4)23-13-14-24(16-23)34-28-17-25-26(15-20(28)2)31(7,8)21(3)18-30(25,5)6/h10-15,17,21,32H,4,16,18H2,1-3,5-9H3. The highest BCUT2D eigenvalue weighted by molar-refractivity contribution is 5.66. The van der Waals surface area contributed by atoms with Gasteiger partial charge in [-0.05, 0) is 83.1 Å². The van der Waals surface area contributed by atoms with E-state index >= 15 is 0 Å². The summed E-state index contributed by atoms with van der Waals surface area (Å²) < 4.78 is 12.0. The predicted octanol–water partition coefficient (Wildman–Crippen LogP) is 8.13. The molecule has 0 spiro atoms. The topological polar surface area (TPSA) is 30.5 Å². The number of nitrogens with one attached hydrogen (secondary N) is 1. The van der Waals surface area contributed by atoms with Crippen molar-refractivity contribution in [2.24, 2.45) is 5.92 Å². The first kappa shape index (κ1) is 24.2. The summed E-state index contributed by atoms with van der Waals surface area (Å²) >= 11 is 0. The number of para-hydroxylation sites is 1. The molecule has 1 atom stereocenters. The number of allylic oxidation sites excluding steroid dienone is 4. The molecular weight excluding hydrogens is 418 g/mol. The fourth-order valence-corrected chi connectivity index (χ4v) is 5.41. The number of ether oxygens (including phenoxy) is 2. The van der Waals surface area contributed by atoms with Crippen LogP contribution in [0.1, 0.15) is 69.7 Å². The smallest absolute Gasteiger partial charge is 0.142 e. The summed E-state index contributed by atoms with van der Waals surface area (Å²) in [6.45, 7) is 20.4. The van der Waals surface area contributed by atoms with E-state index in [-0.39, 0.29) is 10.8 Å². The van der Waals surface area contributed by atoms with Crippen LogP contribution in [0.2, 0.25) is 0 Å². The lowest BCUT2D eigenvalue weighted by Crippen LogP contribution is -2.40. The molecule has 0 amide bonds. The first-order valence-corrected chi connectivity index (χ1v) is 12.3. The Balaban J connectivity index is 1.51. The van der Waals surface area contributed by atoms with Crippen LogP contribution in [-0.4, -0.2) is 7.11 Å². The number of hydrogen-bond donors (Lipinski definition) is 1. The van der Waals surface area contributed by atoms with Crippen molar-refractivity contribution >= 4 is 5.69 Å². The summed E-state index contributed by atoms with van der Waals surface area (Å²) in [6, 6.07) is 10.7. The molecule has 0 bridgehead atoms. The van der Waals surface area contributed by atoms with Gasteiger partial charge in [0, 0.05) is 12.1 Å². The summed E-state index contributed by atoms with van der Waals surface area (Å²) in [5.41, 5.74) is 8.42. The van der Waals surface area contributed by atoms with Gasteiger partial charge >= 0.3 is 0 Å². The van der Waals surface area contributed by atoms with E-state index in [1.54, 1.807) is 7.11 Å². The zero-order valence-electron chi connectivity index (χ0n) is 22.1. The maximum atomic E-state index is 6.48. The third-order valence-electron chi connectivity index (χ3n) is 7.98. The first-order chi connectivity index (χ1) is 15.9. The van der Waals surface area contributed by atoms with Crippen molar-refractivity contribution in [2.45, 2.75) is 72.1 Å². The van der Waals surface area contributed by atoms with E-state index in [4.69, 9.17) is 9.47 Å². The largest absolute Gasteiger partial charge is 0.495 e. The van der Waals surface area contributed by atoms with Crippen molar-refractivity contribution in [3.05, 3.63) is 88.3 Å². The van der Waals surface area contributed by atoms with Gasteiger partial charge in [0.25, 0.3) is 0 Å². The van der Waals surface area contributed by atoms with Gasteiger partial charge in [-0.15, -0.1) is 0 Å². The minimum absolute atomic E-state index is 0.133. The lowest BCUT2D eigenvalue weighted by atomic mass is 9.58. The number of aryl methyl sites for hydroxylation is 2. The van der Waals surface area contributed by atoms with Crippen molar-refractivity contribution in [1.82, 2.24) is 0 Å². The minimum Gasteiger partial charge on any atom is -0.495 e. The van der Waals surface area contributed by atoms with Gasteiger partial charge in [-0.25, -0.2) is 0 Å². The van der Waals surface area contributed by atoms with Crippen LogP contribution in [0.25, 0.3) is 0 Å². The zero-order valence-corrected chi connectivity index (χ0v) is 22.1. The molecular formula is C31H39NO2. The molecule has 1 unspecified atom stereocenters. The van der Waals surface area contributed by atoms with Crippen LogP contribution in [-0.2, 0) is 10.8 Å². The summed E-state index contributed by atoms with van der Waals surface area (Å²) in [5, 5.41) is 3.46. The van der Waals surface area contributed by atoms with E-state index < -0.39 is 0 Å². The average Bonchev–Trinajstić information content (AvgIpc) is 3.23. The van der Waals surface area contributed by atoms with Gasteiger partial charge in [-0.1, -0.05) is 65.5 Å². The predicted molar refractivity (Wildman–Crippen MR) is 143 cm³/mol. The molecule has 0 aliphatic heterocycles. The molecule has 1 N–H and O–H groups in total. The van der Waals surface area contributed by atoms with Crippen LogP contribution >= 0.6 is 0 Å². The molecule has 180 valence electrons. The quantitative estimate of drug-likeness (QED) is 0.475. The van der Waals surface area contributed by atoms with E-state index in [0.29, 0.717) is 12.3 Å². The van der Waals surface area contributed by atoms with E-state index in [2.05, 4.69) is 90.7 Å². The molecule has 2 aromatic rings. The number of fused-ring (bicyclic) bond motifs is 1. The molecule has 3 heteroatoms. The van der Waals surface area contributed by atoms with E-state index in [1.807, 2.05) is 12.1 Å². The molecule has 34 heavy (non-hydrogen) atoms. The van der Waals surface area contributed by atoms with Crippen LogP contribution in [0.4, 0.5) is 5.69 Å². The molecule has 0 heterocycles. The Bertz CT molecular complexity index is 1200. The van der Waals surface area contributed by atoms with E-state index in [9.17, 15) is 0 Å². The van der Waals surface area contributed by atoms with Crippen molar-refractivity contribution in [3.63, 3.8) is 0 Å². The Labute approximate surface area is 205 Å². The second-order valence-electron chi connectivity index (χ2n) is 11.2. The normalized spacial score (nSPS) is 20.2. The molecule has 0 fully saturated rings. The monoisotopic (exact) mass is 457 g/mol. The third kappa shape index (κ3) is 4.29. The van der Waals surface area contributed by atoms with Crippen molar-refractivity contribution in [3.8, 4) is 11.5 Å². The van der Waals surface area contributed by atoms with E-state index in [1.165, 1.54) is 23.1 Å². The first-order valence-electron chi connectivity index (χ1n) is 12.3. The van der Waals surface area contributed by atoms with Gasteiger partial charge in [-0.2, -0.15) is 0 Å².